The molecule has 0 aliphatic carbocycles. The van der Waals surface area contributed by atoms with Crippen LogP contribution in [0.25, 0.3) is 22.2 Å². The van der Waals surface area contributed by atoms with Crippen LogP contribution in [0.2, 0.25) is 0 Å². The molecular formula is C15H13N3O. The van der Waals surface area contributed by atoms with Crippen LogP contribution in [0.4, 0.5) is 0 Å². The Hall–Kier alpha value is -2.49. The molecule has 0 atom stereocenters. The Morgan fingerprint density at radius 3 is 2.79 bits per heavy atom. The molecule has 0 bridgehead atoms. The van der Waals surface area contributed by atoms with Gasteiger partial charge in [0, 0.05) is 34.6 Å². The van der Waals surface area contributed by atoms with Crippen molar-refractivity contribution in [3.05, 3.63) is 58.3 Å². The van der Waals surface area contributed by atoms with Gasteiger partial charge in [-0.3, -0.25) is 9.78 Å². The number of fused-ring (bicyclic) bond motifs is 1. The van der Waals surface area contributed by atoms with Gasteiger partial charge in [0.15, 0.2) is 0 Å². The lowest BCUT2D eigenvalue weighted by molar-refractivity contribution is 1.16. The number of nitrogens with one attached hydrogen (secondary N) is 1. The van der Waals surface area contributed by atoms with E-state index in [2.05, 4.69) is 15.0 Å². The standard InChI is InChI=1S/C15H13N3O/c1-9-6-10(2)17-14-12(9)7-13(15(19)18-14)11-4-3-5-16-8-11/h3-8H,1-2H3,(H,17,18,19). The van der Waals surface area contributed by atoms with Crippen LogP contribution in [0.15, 0.2) is 41.5 Å². The first-order valence-electron chi connectivity index (χ1n) is 6.07. The van der Waals surface area contributed by atoms with Gasteiger partial charge in [-0.05, 0) is 37.6 Å². The minimum atomic E-state index is -0.141. The average Bonchev–Trinajstić information content (AvgIpc) is 2.38. The van der Waals surface area contributed by atoms with E-state index in [1.54, 1.807) is 12.4 Å². The summed E-state index contributed by atoms with van der Waals surface area (Å²) >= 11 is 0. The molecule has 3 aromatic rings. The quantitative estimate of drug-likeness (QED) is 0.723. The lowest BCUT2D eigenvalue weighted by Crippen LogP contribution is -2.10. The van der Waals surface area contributed by atoms with Crippen LogP contribution in [-0.2, 0) is 0 Å². The fourth-order valence-corrected chi connectivity index (χ4v) is 2.25. The molecule has 4 nitrogen and oxygen atoms in total. The molecule has 0 unspecified atom stereocenters. The lowest BCUT2D eigenvalue weighted by atomic mass is 10.1. The predicted octanol–water partition coefficient (Wildman–Crippen LogP) is 2.60. The maximum absolute atomic E-state index is 12.1. The summed E-state index contributed by atoms with van der Waals surface area (Å²) in [6.45, 7) is 3.93. The summed E-state index contributed by atoms with van der Waals surface area (Å²) in [4.78, 5) is 23.4. The van der Waals surface area contributed by atoms with Crippen LogP contribution in [0.5, 0.6) is 0 Å². The third kappa shape index (κ3) is 2.01. The molecule has 3 aromatic heterocycles. The van der Waals surface area contributed by atoms with E-state index in [0.717, 1.165) is 22.2 Å². The number of hydrogen-bond donors (Lipinski definition) is 1. The maximum Gasteiger partial charge on any atom is 0.257 e. The molecule has 19 heavy (non-hydrogen) atoms. The van der Waals surface area contributed by atoms with Crippen molar-refractivity contribution < 1.29 is 0 Å². The van der Waals surface area contributed by atoms with E-state index in [1.807, 2.05) is 38.1 Å². The summed E-state index contributed by atoms with van der Waals surface area (Å²) in [5.41, 5.74) is 3.92. The molecule has 3 rings (SSSR count). The van der Waals surface area contributed by atoms with Gasteiger partial charge in [0.1, 0.15) is 5.65 Å². The Bertz CT molecular complexity index is 807. The smallest absolute Gasteiger partial charge is 0.257 e. The van der Waals surface area contributed by atoms with Crippen molar-refractivity contribution >= 4 is 11.0 Å². The van der Waals surface area contributed by atoms with Gasteiger partial charge in [-0.25, -0.2) is 4.98 Å². The third-order valence-corrected chi connectivity index (χ3v) is 3.13. The van der Waals surface area contributed by atoms with Crippen LogP contribution < -0.4 is 5.56 Å². The number of hydrogen-bond acceptors (Lipinski definition) is 3. The molecule has 3 heterocycles. The second-order valence-corrected chi connectivity index (χ2v) is 4.60. The van der Waals surface area contributed by atoms with Crippen molar-refractivity contribution in [2.24, 2.45) is 0 Å². The summed E-state index contributed by atoms with van der Waals surface area (Å²) in [7, 11) is 0. The van der Waals surface area contributed by atoms with E-state index in [0.29, 0.717) is 11.2 Å². The molecule has 0 aliphatic heterocycles. The number of aromatic nitrogens is 3. The van der Waals surface area contributed by atoms with Crippen molar-refractivity contribution in [2.75, 3.05) is 0 Å². The first kappa shape index (κ1) is 11.6. The average molecular weight is 251 g/mol. The monoisotopic (exact) mass is 251 g/mol. The van der Waals surface area contributed by atoms with Crippen LogP contribution in [-0.4, -0.2) is 15.0 Å². The van der Waals surface area contributed by atoms with Crippen molar-refractivity contribution in [2.45, 2.75) is 13.8 Å². The molecule has 0 radical (unpaired) electrons. The molecule has 0 saturated carbocycles. The highest BCUT2D eigenvalue weighted by atomic mass is 16.1. The SMILES string of the molecule is Cc1cc(C)c2cc(-c3cccnc3)c(=O)[nH]c2n1. The molecule has 0 saturated heterocycles. The number of H-pyrrole nitrogens is 1. The Morgan fingerprint density at radius 2 is 2.05 bits per heavy atom. The fraction of sp³-hybridized carbons (Fsp3) is 0.133. The third-order valence-electron chi connectivity index (χ3n) is 3.13. The zero-order valence-electron chi connectivity index (χ0n) is 10.8. The van der Waals surface area contributed by atoms with Gasteiger partial charge >= 0.3 is 0 Å². The van der Waals surface area contributed by atoms with Crippen molar-refractivity contribution in [1.29, 1.82) is 0 Å². The number of nitrogens with zero attached hydrogens (tertiary/aromatic N) is 2. The highest BCUT2D eigenvalue weighted by Crippen LogP contribution is 2.20. The second kappa shape index (κ2) is 4.31. The highest BCUT2D eigenvalue weighted by molar-refractivity contribution is 5.83. The number of aryl methyl sites for hydroxylation is 2. The highest BCUT2D eigenvalue weighted by Gasteiger charge is 2.08. The second-order valence-electron chi connectivity index (χ2n) is 4.60. The number of rotatable bonds is 1. The Kier molecular flexibility index (Phi) is 2.63. The summed E-state index contributed by atoms with van der Waals surface area (Å²) in [6.07, 6.45) is 3.38. The summed E-state index contributed by atoms with van der Waals surface area (Å²) in [5.74, 6) is 0. The number of aromatic amines is 1. The zero-order chi connectivity index (χ0) is 13.4. The van der Waals surface area contributed by atoms with Gasteiger partial charge in [-0.1, -0.05) is 6.07 Å². The van der Waals surface area contributed by atoms with Gasteiger partial charge in [0.2, 0.25) is 0 Å². The summed E-state index contributed by atoms with van der Waals surface area (Å²) in [5, 5.41) is 0.962. The van der Waals surface area contributed by atoms with Crippen molar-refractivity contribution in [3.63, 3.8) is 0 Å². The molecule has 1 N–H and O–H groups in total. The first-order chi connectivity index (χ1) is 9.15. The predicted molar refractivity (Wildman–Crippen MR) is 75.1 cm³/mol. The Balaban J connectivity index is 2.34. The maximum atomic E-state index is 12.1. The van der Waals surface area contributed by atoms with Crippen molar-refractivity contribution in [3.8, 4) is 11.1 Å². The fourth-order valence-electron chi connectivity index (χ4n) is 2.25. The number of pyridine rings is 3. The van der Waals surface area contributed by atoms with Gasteiger partial charge in [-0.2, -0.15) is 0 Å². The van der Waals surface area contributed by atoms with Gasteiger partial charge in [0.05, 0.1) is 0 Å². The van der Waals surface area contributed by atoms with Crippen molar-refractivity contribution in [1.82, 2.24) is 15.0 Å². The van der Waals surface area contributed by atoms with Crippen LogP contribution in [0.3, 0.4) is 0 Å². The minimum Gasteiger partial charge on any atom is -0.306 e. The molecule has 94 valence electrons. The molecule has 0 aromatic carbocycles. The van der Waals surface area contributed by atoms with Gasteiger partial charge in [-0.15, -0.1) is 0 Å². The normalized spacial score (nSPS) is 10.8. The van der Waals surface area contributed by atoms with E-state index >= 15 is 0 Å². The zero-order valence-corrected chi connectivity index (χ0v) is 10.8. The molecule has 0 aliphatic rings. The van der Waals surface area contributed by atoms with E-state index in [4.69, 9.17) is 0 Å². The van der Waals surface area contributed by atoms with Crippen LogP contribution in [0.1, 0.15) is 11.3 Å². The Labute approximate surface area is 110 Å². The lowest BCUT2D eigenvalue weighted by Gasteiger charge is -2.06. The molecule has 0 spiro atoms. The first-order valence-corrected chi connectivity index (χ1v) is 6.07. The van der Waals surface area contributed by atoms with Crippen LogP contribution in [0, 0.1) is 13.8 Å². The van der Waals surface area contributed by atoms with Gasteiger partial charge in [0.25, 0.3) is 5.56 Å². The minimum absolute atomic E-state index is 0.141. The van der Waals surface area contributed by atoms with Gasteiger partial charge < -0.3 is 4.98 Å². The van der Waals surface area contributed by atoms with E-state index in [-0.39, 0.29) is 5.56 Å². The largest absolute Gasteiger partial charge is 0.306 e. The van der Waals surface area contributed by atoms with E-state index in [1.165, 1.54) is 0 Å². The molecule has 0 fully saturated rings. The topological polar surface area (TPSA) is 58.6 Å². The summed E-state index contributed by atoms with van der Waals surface area (Å²) in [6, 6.07) is 7.58. The van der Waals surface area contributed by atoms with E-state index in [9.17, 15) is 4.79 Å². The molecular weight excluding hydrogens is 238 g/mol. The van der Waals surface area contributed by atoms with E-state index < -0.39 is 0 Å². The Morgan fingerprint density at radius 1 is 1.21 bits per heavy atom. The molecule has 4 heteroatoms. The van der Waals surface area contributed by atoms with Crippen LogP contribution >= 0.6 is 0 Å². The summed E-state index contributed by atoms with van der Waals surface area (Å²) < 4.78 is 0. The molecule has 0 amide bonds.